The molecule has 1 aromatic heterocycles. The second kappa shape index (κ2) is 8.96. The van der Waals surface area contributed by atoms with E-state index in [-0.39, 0.29) is 17.9 Å². The van der Waals surface area contributed by atoms with Crippen LogP contribution in [0, 0.1) is 11.8 Å². The van der Waals surface area contributed by atoms with Crippen molar-refractivity contribution in [1.82, 2.24) is 15.2 Å². The summed E-state index contributed by atoms with van der Waals surface area (Å²) in [4.78, 5) is 31.4. The van der Waals surface area contributed by atoms with E-state index in [9.17, 15) is 9.59 Å². The first kappa shape index (κ1) is 19.9. The van der Waals surface area contributed by atoms with E-state index < -0.39 is 5.54 Å². The van der Waals surface area contributed by atoms with Gasteiger partial charge >= 0.3 is 0 Å². The molecule has 0 aromatic carbocycles. The molecule has 2 amide bonds. The van der Waals surface area contributed by atoms with Gasteiger partial charge in [0.15, 0.2) is 0 Å². The topological polar surface area (TPSA) is 71.5 Å². The first-order valence-corrected chi connectivity index (χ1v) is 10.9. The summed E-state index contributed by atoms with van der Waals surface area (Å²) in [7, 11) is 0. The predicted molar refractivity (Wildman–Crippen MR) is 109 cm³/mol. The van der Waals surface area contributed by atoms with E-state index in [4.69, 9.17) is 4.74 Å². The van der Waals surface area contributed by atoms with Crippen molar-refractivity contribution in [3.63, 3.8) is 0 Å². The van der Waals surface area contributed by atoms with E-state index in [1.54, 1.807) is 12.4 Å². The summed E-state index contributed by atoms with van der Waals surface area (Å²) >= 11 is 0. The molecular formula is C23H29N3O3. The maximum Gasteiger partial charge on any atom is 0.255 e. The number of hydrogen-bond donors (Lipinski definition) is 1. The normalized spacial score (nSPS) is 23.3. The zero-order valence-electron chi connectivity index (χ0n) is 16.9. The molecule has 1 N–H and O–H groups in total. The van der Waals surface area contributed by atoms with Crippen LogP contribution in [0.15, 0.2) is 18.5 Å². The number of nitrogens with one attached hydrogen (secondary N) is 1. The first-order valence-electron chi connectivity index (χ1n) is 10.9. The Kier molecular flexibility index (Phi) is 6.15. The van der Waals surface area contributed by atoms with Crippen molar-refractivity contribution in [2.75, 3.05) is 19.7 Å². The minimum absolute atomic E-state index is 0.0257. The number of amides is 2. The van der Waals surface area contributed by atoms with Crippen LogP contribution in [0.25, 0.3) is 0 Å². The molecule has 3 heterocycles. The molecule has 3 fully saturated rings. The number of hydrogen-bond acceptors (Lipinski definition) is 4. The molecule has 0 spiro atoms. The number of pyridine rings is 1. The van der Waals surface area contributed by atoms with E-state index in [1.165, 1.54) is 6.42 Å². The molecule has 3 aliphatic rings. The third kappa shape index (κ3) is 4.79. The summed E-state index contributed by atoms with van der Waals surface area (Å²) in [5.74, 6) is 6.52. The highest BCUT2D eigenvalue weighted by molar-refractivity contribution is 5.94. The summed E-state index contributed by atoms with van der Waals surface area (Å²) < 4.78 is 5.54. The summed E-state index contributed by atoms with van der Waals surface area (Å²) in [6.07, 6.45) is 11.7. The SMILES string of the molecule is O=C(NC1(C#Cc2cncc(C(=O)N3CCCC3)c2)CCCCC1)C1CCCO1. The summed E-state index contributed by atoms with van der Waals surface area (Å²) in [6.45, 7) is 2.28. The quantitative estimate of drug-likeness (QED) is 0.799. The van der Waals surface area contributed by atoms with E-state index in [0.29, 0.717) is 17.7 Å². The van der Waals surface area contributed by atoms with Crippen LogP contribution in [-0.4, -0.2) is 53.0 Å². The van der Waals surface area contributed by atoms with E-state index in [2.05, 4.69) is 22.1 Å². The average molecular weight is 396 g/mol. The number of carbonyl (C=O) groups excluding carboxylic acids is 2. The molecule has 1 aromatic rings. The van der Waals surface area contributed by atoms with Gasteiger partial charge in [-0.15, -0.1) is 0 Å². The highest BCUT2D eigenvalue weighted by atomic mass is 16.5. The Hall–Kier alpha value is -2.39. The van der Waals surface area contributed by atoms with Crippen LogP contribution in [0.1, 0.15) is 73.7 Å². The average Bonchev–Trinajstić information content (AvgIpc) is 3.47. The molecule has 0 bridgehead atoms. The van der Waals surface area contributed by atoms with Crippen LogP contribution in [0.4, 0.5) is 0 Å². The van der Waals surface area contributed by atoms with Crippen LogP contribution >= 0.6 is 0 Å². The number of aromatic nitrogens is 1. The van der Waals surface area contributed by atoms with Gasteiger partial charge in [-0.2, -0.15) is 0 Å². The minimum atomic E-state index is -0.518. The van der Waals surface area contributed by atoms with E-state index in [1.807, 2.05) is 11.0 Å². The van der Waals surface area contributed by atoms with Crippen molar-refractivity contribution in [3.05, 3.63) is 29.6 Å². The van der Waals surface area contributed by atoms with Crippen molar-refractivity contribution in [1.29, 1.82) is 0 Å². The third-order valence-electron chi connectivity index (χ3n) is 6.12. The van der Waals surface area contributed by atoms with Gasteiger partial charge in [-0.3, -0.25) is 14.6 Å². The Balaban J connectivity index is 1.51. The van der Waals surface area contributed by atoms with Crippen molar-refractivity contribution < 1.29 is 14.3 Å². The fourth-order valence-corrected chi connectivity index (χ4v) is 4.46. The van der Waals surface area contributed by atoms with Crippen molar-refractivity contribution >= 4 is 11.8 Å². The lowest BCUT2D eigenvalue weighted by atomic mass is 9.81. The number of likely N-dealkylation sites (tertiary alicyclic amines) is 1. The fraction of sp³-hybridized carbons (Fsp3) is 0.609. The molecule has 0 radical (unpaired) electrons. The molecular weight excluding hydrogens is 366 g/mol. The summed E-state index contributed by atoms with van der Waals surface area (Å²) in [5, 5.41) is 3.19. The van der Waals surface area contributed by atoms with Crippen molar-refractivity contribution in [2.45, 2.75) is 69.4 Å². The fourth-order valence-electron chi connectivity index (χ4n) is 4.46. The Morgan fingerprint density at radius 3 is 2.62 bits per heavy atom. The Bertz CT molecular complexity index is 808. The lowest BCUT2D eigenvalue weighted by Crippen LogP contribution is -2.52. The zero-order valence-corrected chi connectivity index (χ0v) is 16.9. The van der Waals surface area contributed by atoms with Crippen LogP contribution in [-0.2, 0) is 9.53 Å². The molecule has 154 valence electrons. The number of nitrogens with zero attached hydrogens (tertiary/aromatic N) is 2. The maximum absolute atomic E-state index is 12.7. The van der Waals surface area contributed by atoms with Gasteiger partial charge in [-0.25, -0.2) is 0 Å². The monoisotopic (exact) mass is 395 g/mol. The molecule has 2 saturated heterocycles. The van der Waals surface area contributed by atoms with Crippen LogP contribution < -0.4 is 5.32 Å². The molecule has 1 unspecified atom stereocenters. The van der Waals surface area contributed by atoms with Crippen molar-refractivity contribution in [2.24, 2.45) is 0 Å². The Morgan fingerprint density at radius 1 is 1.10 bits per heavy atom. The molecule has 1 saturated carbocycles. The van der Waals surface area contributed by atoms with Gasteiger partial charge < -0.3 is 15.0 Å². The molecule has 6 nitrogen and oxygen atoms in total. The van der Waals surface area contributed by atoms with Gasteiger partial charge in [0.05, 0.1) is 5.56 Å². The lowest BCUT2D eigenvalue weighted by Gasteiger charge is -2.34. The second-order valence-electron chi connectivity index (χ2n) is 8.35. The number of carbonyl (C=O) groups is 2. The summed E-state index contributed by atoms with van der Waals surface area (Å²) in [6, 6.07) is 1.82. The molecule has 2 aliphatic heterocycles. The maximum atomic E-state index is 12.7. The Labute approximate surface area is 172 Å². The van der Waals surface area contributed by atoms with Crippen molar-refractivity contribution in [3.8, 4) is 11.8 Å². The Morgan fingerprint density at radius 2 is 1.90 bits per heavy atom. The standard InChI is InChI=1S/C23H29N3O3/c27-21(20-7-6-14-29-20)25-23(9-2-1-3-10-23)11-8-18-15-19(17-24-16-18)22(28)26-12-4-5-13-26/h15-17,20H,1-7,9-10,12-14H2,(H,25,27). The van der Waals surface area contributed by atoms with Gasteiger partial charge in [0.1, 0.15) is 11.6 Å². The number of rotatable bonds is 3. The van der Waals surface area contributed by atoms with Crippen LogP contribution in [0.5, 0.6) is 0 Å². The second-order valence-corrected chi connectivity index (χ2v) is 8.35. The van der Waals surface area contributed by atoms with Gasteiger partial charge in [0.2, 0.25) is 5.91 Å². The van der Waals surface area contributed by atoms with Crippen LogP contribution in [0.3, 0.4) is 0 Å². The number of ether oxygens (including phenoxy) is 1. The minimum Gasteiger partial charge on any atom is -0.368 e. The lowest BCUT2D eigenvalue weighted by molar-refractivity contribution is -0.131. The first-order chi connectivity index (χ1) is 14.2. The molecule has 29 heavy (non-hydrogen) atoms. The van der Waals surface area contributed by atoms with Crippen LogP contribution in [0.2, 0.25) is 0 Å². The van der Waals surface area contributed by atoms with E-state index in [0.717, 1.165) is 64.5 Å². The molecule has 1 atom stereocenters. The highest BCUT2D eigenvalue weighted by Gasteiger charge is 2.35. The predicted octanol–water partition coefficient (Wildman–Crippen LogP) is 2.67. The third-order valence-corrected chi connectivity index (χ3v) is 6.12. The van der Waals surface area contributed by atoms with Gasteiger partial charge in [0.25, 0.3) is 5.91 Å². The van der Waals surface area contributed by atoms with E-state index >= 15 is 0 Å². The zero-order chi connectivity index (χ0) is 20.1. The highest BCUT2D eigenvalue weighted by Crippen LogP contribution is 2.28. The smallest absolute Gasteiger partial charge is 0.255 e. The van der Waals surface area contributed by atoms with Gasteiger partial charge in [0, 0.05) is 37.7 Å². The van der Waals surface area contributed by atoms with Gasteiger partial charge in [-0.1, -0.05) is 31.1 Å². The molecule has 4 rings (SSSR count). The molecule has 1 aliphatic carbocycles. The molecule has 6 heteroatoms. The largest absolute Gasteiger partial charge is 0.368 e. The summed E-state index contributed by atoms with van der Waals surface area (Å²) in [5.41, 5.74) is 0.780. The van der Waals surface area contributed by atoms with Gasteiger partial charge in [-0.05, 0) is 44.6 Å².